The van der Waals surface area contributed by atoms with E-state index in [4.69, 9.17) is 5.73 Å². The molecule has 3 heteroatoms. The number of hydrogen-bond donors (Lipinski definition) is 2. The molecule has 3 nitrogen and oxygen atoms in total. The van der Waals surface area contributed by atoms with E-state index in [1.807, 2.05) is 24.3 Å². The molecule has 118 valence electrons. The molecule has 0 unspecified atom stereocenters. The molecule has 0 aromatic heterocycles. The Morgan fingerprint density at radius 2 is 1.86 bits per heavy atom. The molecule has 0 saturated carbocycles. The fourth-order valence-corrected chi connectivity index (χ4v) is 2.35. The Morgan fingerprint density at radius 1 is 1.19 bits per heavy atom. The van der Waals surface area contributed by atoms with Gasteiger partial charge >= 0.3 is 0 Å². The lowest BCUT2D eigenvalue weighted by Crippen LogP contribution is -2.34. The molecule has 0 heterocycles. The van der Waals surface area contributed by atoms with Gasteiger partial charge in [-0.2, -0.15) is 0 Å². The van der Waals surface area contributed by atoms with Crippen LogP contribution in [0.25, 0.3) is 0 Å². The lowest BCUT2D eigenvalue weighted by atomic mass is 9.87. The van der Waals surface area contributed by atoms with E-state index in [0.717, 1.165) is 24.9 Å². The lowest BCUT2D eigenvalue weighted by molar-refractivity contribution is 0.0934. The number of nitrogens with two attached hydrogens (primary N) is 1. The van der Waals surface area contributed by atoms with Gasteiger partial charge in [-0.25, -0.2) is 0 Å². The van der Waals surface area contributed by atoms with Crippen LogP contribution in [0.15, 0.2) is 24.3 Å². The van der Waals surface area contributed by atoms with Gasteiger partial charge in [-0.05, 0) is 42.5 Å². The van der Waals surface area contributed by atoms with Crippen LogP contribution >= 0.6 is 0 Å². The van der Waals surface area contributed by atoms with E-state index in [0.29, 0.717) is 6.54 Å². The molecule has 0 radical (unpaired) electrons. The second kappa shape index (κ2) is 8.83. The summed E-state index contributed by atoms with van der Waals surface area (Å²) in [7, 11) is 0. The Kier molecular flexibility index (Phi) is 7.44. The van der Waals surface area contributed by atoms with Crippen LogP contribution < -0.4 is 11.1 Å². The van der Waals surface area contributed by atoms with E-state index in [2.05, 4.69) is 26.1 Å². The molecule has 1 aromatic carbocycles. The van der Waals surface area contributed by atoms with Crippen molar-refractivity contribution in [3.63, 3.8) is 0 Å². The summed E-state index contributed by atoms with van der Waals surface area (Å²) < 4.78 is 0. The van der Waals surface area contributed by atoms with Crippen molar-refractivity contribution in [2.75, 3.05) is 13.1 Å². The van der Waals surface area contributed by atoms with Crippen LogP contribution in [-0.4, -0.2) is 19.0 Å². The number of hydrogen-bond acceptors (Lipinski definition) is 2. The zero-order chi connectivity index (χ0) is 15.7. The van der Waals surface area contributed by atoms with Crippen molar-refractivity contribution in [2.24, 2.45) is 11.1 Å². The molecule has 0 atom stereocenters. The highest BCUT2D eigenvalue weighted by molar-refractivity contribution is 5.94. The molecule has 0 spiro atoms. The fraction of sp³-hybridized carbons (Fsp3) is 0.611. The Labute approximate surface area is 129 Å². The van der Waals surface area contributed by atoms with Crippen molar-refractivity contribution in [3.05, 3.63) is 35.4 Å². The minimum absolute atomic E-state index is 0.0119. The first-order valence-corrected chi connectivity index (χ1v) is 8.06. The number of nitrogens with one attached hydrogen (secondary N) is 1. The lowest BCUT2D eigenvalue weighted by Gasteiger charge is -2.25. The molecule has 0 saturated heterocycles. The third-order valence-corrected chi connectivity index (χ3v) is 3.83. The highest BCUT2D eigenvalue weighted by Crippen LogP contribution is 2.22. The van der Waals surface area contributed by atoms with E-state index in [-0.39, 0.29) is 11.3 Å². The zero-order valence-electron chi connectivity index (χ0n) is 13.7. The number of amides is 1. The van der Waals surface area contributed by atoms with Gasteiger partial charge < -0.3 is 11.1 Å². The number of carbonyl (C=O) groups is 1. The van der Waals surface area contributed by atoms with Crippen LogP contribution in [0, 0.1) is 5.41 Å². The molecule has 0 bridgehead atoms. The molecule has 1 aromatic rings. The highest BCUT2D eigenvalue weighted by Gasteiger charge is 2.18. The predicted octanol–water partition coefficient (Wildman–Crippen LogP) is 3.52. The second-order valence-electron chi connectivity index (χ2n) is 6.54. The van der Waals surface area contributed by atoms with Crippen LogP contribution in [0.3, 0.4) is 0 Å². The van der Waals surface area contributed by atoms with Crippen molar-refractivity contribution in [1.82, 2.24) is 5.32 Å². The number of benzene rings is 1. The van der Waals surface area contributed by atoms with Crippen LogP contribution in [0.5, 0.6) is 0 Å². The van der Waals surface area contributed by atoms with Gasteiger partial charge in [-0.3, -0.25) is 4.79 Å². The molecule has 0 aliphatic rings. The second-order valence-corrected chi connectivity index (χ2v) is 6.54. The number of unbranched alkanes of at least 4 members (excludes halogenated alkanes) is 2. The first-order valence-electron chi connectivity index (χ1n) is 8.06. The van der Waals surface area contributed by atoms with E-state index >= 15 is 0 Å². The standard InChI is InChI=1S/C18H30N2O/c1-4-5-6-12-18(2,3)14-20-17(21)16-9-7-15(8-10-16)11-13-19/h7-10H,4-6,11-14,19H2,1-3H3,(H,20,21). The molecule has 21 heavy (non-hydrogen) atoms. The molecular formula is C18H30N2O. The Morgan fingerprint density at radius 3 is 2.43 bits per heavy atom. The van der Waals surface area contributed by atoms with Crippen LogP contribution in [0.1, 0.15) is 62.4 Å². The zero-order valence-corrected chi connectivity index (χ0v) is 13.7. The minimum atomic E-state index is 0.0119. The topological polar surface area (TPSA) is 55.1 Å². The van der Waals surface area contributed by atoms with Crippen molar-refractivity contribution in [1.29, 1.82) is 0 Å². The van der Waals surface area contributed by atoms with Crippen LogP contribution in [0.4, 0.5) is 0 Å². The largest absolute Gasteiger partial charge is 0.352 e. The summed E-state index contributed by atoms with van der Waals surface area (Å²) in [6.07, 6.45) is 5.73. The van der Waals surface area contributed by atoms with Gasteiger partial charge in [0.2, 0.25) is 0 Å². The summed E-state index contributed by atoms with van der Waals surface area (Å²) >= 11 is 0. The Bertz CT molecular complexity index is 423. The molecule has 1 rings (SSSR count). The van der Waals surface area contributed by atoms with E-state index in [1.165, 1.54) is 24.8 Å². The van der Waals surface area contributed by atoms with Gasteiger partial charge in [0, 0.05) is 12.1 Å². The third kappa shape index (κ3) is 6.76. The Hall–Kier alpha value is -1.35. The molecule has 0 fully saturated rings. The smallest absolute Gasteiger partial charge is 0.251 e. The average Bonchev–Trinajstić information content (AvgIpc) is 2.46. The monoisotopic (exact) mass is 290 g/mol. The summed E-state index contributed by atoms with van der Waals surface area (Å²) in [5, 5.41) is 3.05. The molecule has 0 aliphatic carbocycles. The van der Waals surface area contributed by atoms with Gasteiger partial charge in [0.1, 0.15) is 0 Å². The normalized spacial score (nSPS) is 11.4. The maximum atomic E-state index is 12.2. The van der Waals surface area contributed by atoms with E-state index in [1.54, 1.807) is 0 Å². The van der Waals surface area contributed by atoms with E-state index < -0.39 is 0 Å². The van der Waals surface area contributed by atoms with Crippen LogP contribution in [-0.2, 0) is 6.42 Å². The average molecular weight is 290 g/mol. The summed E-state index contributed by atoms with van der Waals surface area (Å²) in [6, 6.07) is 7.72. The Balaban J connectivity index is 2.45. The van der Waals surface area contributed by atoms with Crippen molar-refractivity contribution >= 4 is 5.91 Å². The van der Waals surface area contributed by atoms with Crippen molar-refractivity contribution in [2.45, 2.75) is 52.9 Å². The number of rotatable bonds is 9. The van der Waals surface area contributed by atoms with Crippen molar-refractivity contribution in [3.8, 4) is 0 Å². The van der Waals surface area contributed by atoms with Gasteiger partial charge in [0.25, 0.3) is 5.91 Å². The van der Waals surface area contributed by atoms with Crippen LogP contribution in [0.2, 0.25) is 0 Å². The number of carbonyl (C=O) groups excluding carboxylic acids is 1. The summed E-state index contributed by atoms with van der Waals surface area (Å²) in [5.41, 5.74) is 7.58. The minimum Gasteiger partial charge on any atom is -0.352 e. The SMILES string of the molecule is CCCCCC(C)(C)CNC(=O)c1ccc(CCN)cc1. The summed E-state index contributed by atoms with van der Waals surface area (Å²) in [4.78, 5) is 12.2. The molecule has 0 aliphatic heterocycles. The first-order chi connectivity index (χ1) is 9.98. The van der Waals surface area contributed by atoms with Gasteiger partial charge in [-0.15, -0.1) is 0 Å². The molecule has 3 N–H and O–H groups in total. The third-order valence-electron chi connectivity index (χ3n) is 3.83. The van der Waals surface area contributed by atoms with Gasteiger partial charge in [-0.1, -0.05) is 52.2 Å². The molecule has 1 amide bonds. The maximum absolute atomic E-state index is 12.2. The first kappa shape index (κ1) is 17.7. The summed E-state index contributed by atoms with van der Waals surface area (Å²) in [5.74, 6) is 0.0119. The fourth-order valence-electron chi connectivity index (χ4n) is 2.35. The maximum Gasteiger partial charge on any atom is 0.251 e. The van der Waals surface area contributed by atoms with Gasteiger partial charge in [0.05, 0.1) is 0 Å². The highest BCUT2D eigenvalue weighted by atomic mass is 16.1. The summed E-state index contributed by atoms with van der Waals surface area (Å²) in [6.45, 7) is 8.00. The quantitative estimate of drug-likeness (QED) is 0.684. The van der Waals surface area contributed by atoms with Crippen molar-refractivity contribution < 1.29 is 4.79 Å². The predicted molar refractivity (Wildman–Crippen MR) is 89.5 cm³/mol. The molecular weight excluding hydrogens is 260 g/mol. The van der Waals surface area contributed by atoms with Gasteiger partial charge in [0.15, 0.2) is 0 Å². The van der Waals surface area contributed by atoms with E-state index in [9.17, 15) is 4.79 Å².